The monoisotopic (exact) mass is 288 g/mol. The van der Waals surface area contributed by atoms with E-state index in [1.165, 1.54) is 24.0 Å². The second-order valence-electron chi connectivity index (χ2n) is 5.50. The van der Waals surface area contributed by atoms with Gasteiger partial charge in [-0.15, -0.1) is 0 Å². The second kappa shape index (κ2) is 5.52. The number of nitrogens with zero attached hydrogens (tertiary/aromatic N) is 1. The minimum atomic E-state index is 0.336. The first-order chi connectivity index (χ1) is 9.70. The molecular weight excluding hydrogens is 268 g/mol. The van der Waals surface area contributed by atoms with Crippen molar-refractivity contribution in [1.29, 1.82) is 0 Å². The molecule has 0 spiro atoms. The van der Waals surface area contributed by atoms with Crippen LogP contribution in [0.3, 0.4) is 0 Å². The Morgan fingerprint density at radius 1 is 1.40 bits per heavy atom. The maximum absolute atomic E-state index is 5.32. The van der Waals surface area contributed by atoms with Gasteiger partial charge >= 0.3 is 0 Å². The summed E-state index contributed by atoms with van der Waals surface area (Å²) >= 11 is 2.06. The van der Waals surface area contributed by atoms with Gasteiger partial charge in [-0.1, -0.05) is 6.07 Å². The maximum Gasteiger partial charge on any atom is 0.133 e. The molecule has 1 aromatic carbocycles. The van der Waals surface area contributed by atoms with Crippen LogP contribution in [0.1, 0.15) is 19.8 Å². The van der Waals surface area contributed by atoms with Gasteiger partial charge in [0.2, 0.25) is 0 Å². The van der Waals surface area contributed by atoms with E-state index in [1.54, 1.807) is 7.11 Å². The first kappa shape index (κ1) is 13.6. The van der Waals surface area contributed by atoms with Crippen LogP contribution in [0.5, 0.6) is 5.75 Å². The van der Waals surface area contributed by atoms with Crippen LogP contribution in [0.2, 0.25) is 0 Å². The van der Waals surface area contributed by atoms with Crippen LogP contribution >= 0.6 is 11.8 Å². The minimum absolute atomic E-state index is 0.336. The Labute approximate surface area is 124 Å². The predicted octanol–water partition coefficient (Wildman–Crippen LogP) is 3.94. The lowest BCUT2D eigenvalue weighted by molar-refractivity contribution is 0.415. The van der Waals surface area contributed by atoms with Gasteiger partial charge in [0.05, 0.1) is 7.11 Å². The molecule has 3 nitrogen and oxygen atoms in total. The molecule has 4 heteroatoms. The molecule has 0 bridgehead atoms. The lowest BCUT2D eigenvalue weighted by Gasteiger charge is -2.23. The first-order valence-corrected chi connectivity index (χ1v) is 7.99. The van der Waals surface area contributed by atoms with Crippen LogP contribution in [0.15, 0.2) is 30.5 Å². The number of benzene rings is 1. The van der Waals surface area contributed by atoms with Crippen LogP contribution < -0.4 is 10.1 Å². The van der Waals surface area contributed by atoms with E-state index in [-0.39, 0.29) is 0 Å². The molecule has 0 saturated carbocycles. The molecule has 106 valence electrons. The number of rotatable bonds is 4. The zero-order chi connectivity index (χ0) is 14.0. The summed E-state index contributed by atoms with van der Waals surface area (Å²) in [6, 6.07) is 8.15. The Balaban J connectivity index is 1.86. The number of methoxy groups -OCH3 is 1. The highest BCUT2D eigenvalue weighted by Crippen LogP contribution is 2.38. The van der Waals surface area contributed by atoms with Crippen molar-refractivity contribution in [3.05, 3.63) is 30.5 Å². The number of aromatic nitrogens is 1. The van der Waals surface area contributed by atoms with E-state index in [9.17, 15) is 0 Å². The third kappa shape index (κ3) is 2.70. The molecule has 1 N–H and O–H groups in total. The van der Waals surface area contributed by atoms with Gasteiger partial charge in [-0.3, -0.25) is 0 Å². The molecule has 20 heavy (non-hydrogen) atoms. The third-order valence-electron chi connectivity index (χ3n) is 3.90. The van der Waals surface area contributed by atoms with Crippen molar-refractivity contribution in [2.75, 3.05) is 24.7 Å². The quantitative estimate of drug-likeness (QED) is 0.924. The van der Waals surface area contributed by atoms with Crippen molar-refractivity contribution in [1.82, 2.24) is 4.98 Å². The maximum atomic E-state index is 5.32. The Hall–Kier alpha value is -1.42. The molecule has 1 aromatic heterocycles. The van der Waals surface area contributed by atoms with Gasteiger partial charge in [-0.25, -0.2) is 4.98 Å². The number of anilines is 1. The van der Waals surface area contributed by atoms with Crippen molar-refractivity contribution >= 4 is 28.4 Å². The Bertz CT molecular complexity index is 608. The van der Waals surface area contributed by atoms with E-state index in [0.717, 1.165) is 23.5 Å². The smallest absolute Gasteiger partial charge is 0.133 e. The van der Waals surface area contributed by atoms with E-state index in [4.69, 9.17) is 4.74 Å². The van der Waals surface area contributed by atoms with Crippen molar-refractivity contribution < 1.29 is 4.74 Å². The lowest BCUT2D eigenvalue weighted by atomic mass is 10.1. The number of pyridine rings is 1. The normalized spacial score (nSPS) is 22.1. The Morgan fingerprint density at radius 2 is 2.30 bits per heavy atom. The Kier molecular flexibility index (Phi) is 3.74. The minimum Gasteiger partial charge on any atom is -0.497 e. The van der Waals surface area contributed by atoms with Gasteiger partial charge < -0.3 is 10.1 Å². The fourth-order valence-corrected chi connectivity index (χ4v) is 3.91. The molecule has 1 aliphatic rings. The summed E-state index contributed by atoms with van der Waals surface area (Å²) in [6.07, 6.45) is 4.46. The van der Waals surface area contributed by atoms with Crippen molar-refractivity contribution in [2.24, 2.45) is 0 Å². The fourth-order valence-electron chi connectivity index (χ4n) is 2.66. The zero-order valence-electron chi connectivity index (χ0n) is 12.0. The molecule has 0 aliphatic carbocycles. The SMILES string of the molecule is COc1ccc2ccnc(NCC3(C)CCCS3)c2c1. The van der Waals surface area contributed by atoms with E-state index < -0.39 is 0 Å². The summed E-state index contributed by atoms with van der Waals surface area (Å²) in [5.74, 6) is 3.10. The first-order valence-electron chi connectivity index (χ1n) is 7.01. The molecule has 0 amide bonds. The molecule has 1 fully saturated rings. The summed E-state index contributed by atoms with van der Waals surface area (Å²) in [5.41, 5.74) is 0. The zero-order valence-corrected chi connectivity index (χ0v) is 12.8. The molecular formula is C16H20N2OS. The van der Waals surface area contributed by atoms with E-state index >= 15 is 0 Å². The summed E-state index contributed by atoms with van der Waals surface area (Å²) in [7, 11) is 1.70. The largest absolute Gasteiger partial charge is 0.497 e. The van der Waals surface area contributed by atoms with Crippen LogP contribution in [0.25, 0.3) is 10.8 Å². The van der Waals surface area contributed by atoms with E-state index in [1.807, 2.05) is 18.3 Å². The number of hydrogen-bond acceptors (Lipinski definition) is 4. The molecule has 2 aromatic rings. The average molecular weight is 288 g/mol. The van der Waals surface area contributed by atoms with Crippen LogP contribution in [0.4, 0.5) is 5.82 Å². The van der Waals surface area contributed by atoms with Gasteiger partial charge in [0.1, 0.15) is 11.6 Å². The van der Waals surface area contributed by atoms with Crippen molar-refractivity contribution in [3.63, 3.8) is 0 Å². The standard InChI is InChI=1S/C16H20N2OS/c1-16(7-3-9-20-16)11-18-15-14-10-13(19-2)5-4-12(14)6-8-17-15/h4-6,8,10H,3,7,9,11H2,1-2H3,(H,17,18). The summed E-state index contributed by atoms with van der Waals surface area (Å²) in [4.78, 5) is 4.50. The second-order valence-corrected chi connectivity index (χ2v) is 7.18. The van der Waals surface area contributed by atoms with Crippen LogP contribution in [-0.2, 0) is 0 Å². The van der Waals surface area contributed by atoms with E-state index in [0.29, 0.717) is 4.75 Å². The number of hydrogen-bond donors (Lipinski definition) is 1. The number of nitrogens with one attached hydrogen (secondary N) is 1. The van der Waals surface area contributed by atoms with Crippen molar-refractivity contribution in [3.8, 4) is 5.75 Å². The molecule has 3 rings (SSSR count). The summed E-state index contributed by atoms with van der Waals surface area (Å²) in [5, 5.41) is 5.84. The molecule has 0 radical (unpaired) electrons. The van der Waals surface area contributed by atoms with E-state index in [2.05, 4.69) is 41.1 Å². The molecule has 1 saturated heterocycles. The number of ether oxygens (including phenoxy) is 1. The van der Waals surface area contributed by atoms with Crippen LogP contribution in [-0.4, -0.2) is 29.1 Å². The van der Waals surface area contributed by atoms with Gasteiger partial charge in [0, 0.05) is 22.9 Å². The molecule has 2 heterocycles. The summed E-state index contributed by atoms with van der Waals surface area (Å²) < 4.78 is 5.65. The summed E-state index contributed by atoms with van der Waals surface area (Å²) in [6.45, 7) is 3.30. The predicted molar refractivity (Wildman–Crippen MR) is 86.9 cm³/mol. The number of thioether (sulfide) groups is 1. The highest BCUT2D eigenvalue weighted by molar-refractivity contribution is 8.00. The van der Waals surface area contributed by atoms with Gasteiger partial charge in [-0.2, -0.15) is 11.8 Å². The van der Waals surface area contributed by atoms with Gasteiger partial charge in [-0.05, 0) is 49.1 Å². The third-order valence-corrected chi connectivity index (χ3v) is 5.44. The Morgan fingerprint density at radius 3 is 3.05 bits per heavy atom. The van der Waals surface area contributed by atoms with Gasteiger partial charge in [0.25, 0.3) is 0 Å². The average Bonchev–Trinajstić information content (AvgIpc) is 2.91. The van der Waals surface area contributed by atoms with Gasteiger partial charge in [0.15, 0.2) is 0 Å². The van der Waals surface area contributed by atoms with Crippen LogP contribution in [0, 0.1) is 0 Å². The fraction of sp³-hybridized carbons (Fsp3) is 0.438. The number of fused-ring (bicyclic) bond motifs is 1. The highest BCUT2D eigenvalue weighted by Gasteiger charge is 2.29. The topological polar surface area (TPSA) is 34.1 Å². The highest BCUT2D eigenvalue weighted by atomic mass is 32.2. The molecule has 1 aliphatic heterocycles. The molecule has 1 unspecified atom stereocenters. The lowest BCUT2D eigenvalue weighted by Crippen LogP contribution is -2.27. The molecule has 1 atom stereocenters. The van der Waals surface area contributed by atoms with Crippen molar-refractivity contribution in [2.45, 2.75) is 24.5 Å².